The maximum Gasteiger partial charge on any atom is 0.130 e. The Balaban J connectivity index is 2.11. The number of fused-ring (bicyclic) bond motifs is 1. The van der Waals surface area contributed by atoms with Crippen molar-refractivity contribution in [3.8, 4) is 11.5 Å². The summed E-state index contributed by atoms with van der Waals surface area (Å²) in [5.41, 5.74) is 7.24. The van der Waals surface area contributed by atoms with Gasteiger partial charge in [-0.25, -0.2) is 0 Å². The molecule has 1 aromatic carbocycles. The predicted molar refractivity (Wildman–Crippen MR) is 65.0 cm³/mol. The van der Waals surface area contributed by atoms with Gasteiger partial charge in [0.25, 0.3) is 0 Å². The molecule has 0 radical (unpaired) electrons. The van der Waals surface area contributed by atoms with Crippen molar-refractivity contribution >= 4 is 0 Å². The predicted octanol–water partition coefficient (Wildman–Crippen LogP) is 2.00. The van der Waals surface area contributed by atoms with Crippen molar-refractivity contribution in [2.45, 2.75) is 51.2 Å². The molecule has 1 heterocycles. The summed E-state index contributed by atoms with van der Waals surface area (Å²) >= 11 is 0. The molecule has 1 saturated carbocycles. The molecule has 1 atom stereocenters. The molecule has 3 nitrogen and oxygen atoms in total. The molecule has 0 saturated heterocycles. The number of rotatable bonds is 0. The topological polar surface area (TPSA) is 57.1 Å². The first-order chi connectivity index (χ1) is 8.02. The number of ether oxygens (including phenoxy) is 1. The quantitative estimate of drug-likeness (QED) is 0.721. The van der Waals surface area contributed by atoms with Gasteiger partial charge in [-0.15, -0.1) is 0 Å². The molecular weight excluding hydrogens is 214 g/mol. The maximum atomic E-state index is 10.00. The molecule has 17 heavy (non-hydrogen) atoms. The van der Waals surface area contributed by atoms with Gasteiger partial charge in [0.15, 0.2) is 0 Å². The first kappa shape index (κ1) is 10.9. The number of hydrogen-bond donors (Lipinski definition) is 2. The van der Waals surface area contributed by atoms with Crippen LogP contribution in [0.1, 0.15) is 48.4 Å². The Hall–Kier alpha value is -1.22. The van der Waals surface area contributed by atoms with Crippen molar-refractivity contribution in [1.82, 2.24) is 0 Å². The van der Waals surface area contributed by atoms with E-state index in [0.29, 0.717) is 5.75 Å². The Morgan fingerprint density at radius 3 is 2.71 bits per heavy atom. The van der Waals surface area contributed by atoms with E-state index in [1.54, 1.807) is 0 Å². The molecule has 0 aromatic heterocycles. The van der Waals surface area contributed by atoms with Crippen LogP contribution >= 0.6 is 0 Å². The van der Waals surface area contributed by atoms with Crippen LogP contribution in [-0.4, -0.2) is 10.7 Å². The van der Waals surface area contributed by atoms with Crippen molar-refractivity contribution in [2.24, 2.45) is 0 Å². The minimum Gasteiger partial charge on any atom is -0.507 e. The molecule has 1 fully saturated rings. The molecule has 1 aliphatic heterocycles. The highest BCUT2D eigenvalue weighted by Gasteiger charge is 2.46. The van der Waals surface area contributed by atoms with Crippen LogP contribution < -0.4 is 10.5 Å². The van der Waals surface area contributed by atoms with Crippen LogP contribution in [0.2, 0.25) is 0 Å². The van der Waals surface area contributed by atoms with Gasteiger partial charge >= 0.3 is 0 Å². The van der Waals surface area contributed by atoms with Gasteiger partial charge in [0, 0.05) is 12.0 Å². The number of aromatic hydroxyl groups is 1. The van der Waals surface area contributed by atoms with E-state index in [2.05, 4.69) is 5.73 Å². The summed E-state index contributed by atoms with van der Waals surface area (Å²) in [7, 11) is 0. The first-order valence-electron chi connectivity index (χ1n) is 6.38. The second kappa shape index (κ2) is 3.39. The Morgan fingerprint density at radius 1 is 1.41 bits per heavy atom. The monoisotopic (exact) mass is 234 g/mol. The third-order valence-corrected chi connectivity index (χ3v) is 4.36. The largest absolute Gasteiger partial charge is 0.507 e. The lowest BCUT2D eigenvalue weighted by Gasteiger charge is -2.46. The van der Waals surface area contributed by atoms with Crippen molar-refractivity contribution in [1.29, 1.82) is 0 Å². The highest BCUT2D eigenvalue weighted by molar-refractivity contribution is 5.54. The molecule has 1 aromatic rings. The number of aryl methyl sites for hydroxylation is 1. The molecule has 1 unspecified atom stereocenters. The standard InChI is InChI=1S/C14H19NO2/c1-8-6-11-12(9(2)13(8)16)10(15)7-14(17-11)4-3-5-14/h6,10,16H,3-5,7,15H2,1-2H3/p+1. The van der Waals surface area contributed by atoms with Gasteiger partial charge in [-0.2, -0.15) is 0 Å². The molecule has 3 rings (SSSR count). The molecular formula is C14H20NO2+. The Labute approximate surface area is 102 Å². The lowest BCUT2D eigenvalue weighted by Crippen LogP contribution is -2.61. The average Bonchev–Trinajstić information content (AvgIpc) is 2.23. The Bertz CT molecular complexity index is 478. The Kier molecular flexibility index (Phi) is 2.17. The number of quaternary nitrogens is 1. The van der Waals surface area contributed by atoms with E-state index in [4.69, 9.17) is 4.74 Å². The van der Waals surface area contributed by atoms with Crippen LogP contribution in [0.3, 0.4) is 0 Å². The third kappa shape index (κ3) is 1.45. The van der Waals surface area contributed by atoms with Crippen molar-refractivity contribution < 1.29 is 15.6 Å². The third-order valence-electron chi connectivity index (χ3n) is 4.36. The van der Waals surface area contributed by atoms with Crippen LogP contribution in [0.4, 0.5) is 0 Å². The number of hydrogen-bond acceptors (Lipinski definition) is 2. The van der Waals surface area contributed by atoms with Crippen LogP contribution in [0.15, 0.2) is 6.07 Å². The van der Waals surface area contributed by atoms with E-state index in [0.717, 1.165) is 41.7 Å². The molecule has 2 aliphatic rings. The zero-order valence-electron chi connectivity index (χ0n) is 10.5. The molecule has 3 heteroatoms. The molecule has 0 bridgehead atoms. The summed E-state index contributed by atoms with van der Waals surface area (Å²) in [4.78, 5) is 0. The molecule has 0 amide bonds. The highest BCUT2D eigenvalue weighted by Crippen LogP contribution is 2.50. The van der Waals surface area contributed by atoms with E-state index in [-0.39, 0.29) is 11.6 Å². The van der Waals surface area contributed by atoms with Gasteiger partial charge in [-0.05, 0) is 44.7 Å². The lowest BCUT2D eigenvalue weighted by molar-refractivity contribution is -0.438. The zero-order valence-corrected chi connectivity index (χ0v) is 10.5. The van der Waals surface area contributed by atoms with Gasteiger partial charge in [0.1, 0.15) is 23.1 Å². The summed E-state index contributed by atoms with van der Waals surface area (Å²) < 4.78 is 6.19. The second-order valence-corrected chi connectivity index (χ2v) is 5.62. The Morgan fingerprint density at radius 2 is 2.12 bits per heavy atom. The fourth-order valence-electron chi connectivity index (χ4n) is 3.25. The van der Waals surface area contributed by atoms with E-state index in [1.807, 2.05) is 19.9 Å². The summed E-state index contributed by atoms with van der Waals surface area (Å²) in [5.74, 6) is 1.34. The van der Waals surface area contributed by atoms with Crippen molar-refractivity contribution in [3.63, 3.8) is 0 Å². The van der Waals surface area contributed by atoms with Crippen LogP contribution in [0, 0.1) is 13.8 Å². The van der Waals surface area contributed by atoms with Gasteiger partial charge in [-0.1, -0.05) is 0 Å². The minimum atomic E-state index is 0.0509. The van der Waals surface area contributed by atoms with Crippen LogP contribution in [-0.2, 0) is 0 Å². The van der Waals surface area contributed by atoms with Crippen LogP contribution in [0.5, 0.6) is 11.5 Å². The normalized spacial score (nSPS) is 25.0. The molecule has 92 valence electrons. The number of phenolic OH excluding ortho intramolecular Hbond substituents is 1. The average molecular weight is 234 g/mol. The maximum absolute atomic E-state index is 10.00. The molecule has 1 spiro atoms. The fourth-order valence-corrected chi connectivity index (χ4v) is 3.25. The zero-order chi connectivity index (χ0) is 12.2. The number of phenols is 1. The van der Waals surface area contributed by atoms with Gasteiger partial charge in [0.2, 0.25) is 0 Å². The smallest absolute Gasteiger partial charge is 0.130 e. The van der Waals surface area contributed by atoms with Gasteiger partial charge in [0.05, 0.1) is 5.56 Å². The summed E-state index contributed by atoms with van der Waals surface area (Å²) in [5, 5.41) is 10.00. The summed E-state index contributed by atoms with van der Waals surface area (Å²) in [6, 6.07) is 2.21. The SMILES string of the molecule is Cc1cc2c(c(C)c1O)C([NH3+])CC1(CCC1)O2. The highest BCUT2D eigenvalue weighted by atomic mass is 16.5. The van der Waals surface area contributed by atoms with E-state index in [1.165, 1.54) is 6.42 Å². The van der Waals surface area contributed by atoms with Crippen molar-refractivity contribution in [2.75, 3.05) is 0 Å². The second-order valence-electron chi connectivity index (χ2n) is 5.62. The number of benzene rings is 1. The minimum absolute atomic E-state index is 0.0509. The molecule has 4 N–H and O–H groups in total. The fraction of sp³-hybridized carbons (Fsp3) is 0.571. The van der Waals surface area contributed by atoms with Gasteiger partial charge < -0.3 is 15.6 Å². The summed E-state index contributed by atoms with van der Waals surface area (Å²) in [6.07, 6.45) is 4.55. The first-order valence-corrected chi connectivity index (χ1v) is 6.38. The van der Waals surface area contributed by atoms with Crippen LogP contribution in [0.25, 0.3) is 0 Å². The summed E-state index contributed by atoms with van der Waals surface area (Å²) in [6.45, 7) is 3.88. The van der Waals surface area contributed by atoms with Crippen molar-refractivity contribution in [3.05, 3.63) is 22.8 Å². The van der Waals surface area contributed by atoms with E-state index >= 15 is 0 Å². The lowest BCUT2D eigenvalue weighted by atomic mass is 9.72. The van der Waals surface area contributed by atoms with E-state index < -0.39 is 0 Å². The molecule has 1 aliphatic carbocycles. The van der Waals surface area contributed by atoms with E-state index in [9.17, 15) is 5.11 Å². The van der Waals surface area contributed by atoms with Gasteiger partial charge in [-0.3, -0.25) is 0 Å².